The van der Waals surface area contributed by atoms with Gasteiger partial charge < -0.3 is 0 Å². The molecule has 1 aromatic rings. The third kappa shape index (κ3) is 2.77. The first-order chi connectivity index (χ1) is 8.08. The van der Waals surface area contributed by atoms with Crippen LogP contribution < -0.4 is 0 Å². The molecule has 17 heavy (non-hydrogen) atoms. The molecule has 0 amide bonds. The van der Waals surface area contributed by atoms with Gasteiger partial charge in [-0.15, -0.1) is 0 Å². The van der Waals surface area contributed by atoms with E-state index in [1.54, 1.807) is 0 Å². The van der Waals surface area contributed by atoms with Crippen LogP contribution in [-0.2, 0) is 0 Å². The van der Waals surface area contributed by atoms with Crippen molar-refractivity contribution in [3.63, 3.8) is 0 Å². The van der Waals surface area contributed by atoms with Crippen LogP contribution in [0.2, 0.25) is 0 Å². The van der Waals surface area contributed by atoms with Crippen molar-refractivity contribution < 1.29 is 4.79 Å². The summed E-state index contributed by atoms with van der Waals surface area (Å²) in [6.07, 6.45) is 3.41. The van der Waals surface area contributed by atoms with Crippen LogP contribution in [0.1, 0.15) is 49.0 Å². The first-order valence-electron chi connectivity index (χ1n) is 6.67. The Bertz CT molecular complexity index is 398. The molecule has 2 atom stereocenters. The van der Waals surface area contributed by atoms with Crippen LogP contribution in [0.3, 0.4) is 0 Å². The van der Waals surface area contributed by atoms with Gasteiger partial charge in [0.25, 0.3) is 0 Å². The molecular formula is C16H22O. The first-order valence-corrected chi connectivity index (χ1v) is 6.67. The molecule has 1 fully saturated rings. The number of carbonyl (C=O) groups excluding carboxylic acids is 1. The highest BCUT2D eigenvalue weighted by Gasteiger charge is 2.29. The van der Waals surface area contributed by atoms with Crippen molar-refractivity contribution in [1.29, 1.82) is 0 Å². The van der Waals surface area contributed by atoms with Gasteiger partial charge in [0, 0.05) is 11.5 Å². The van der Waals surface area contributed by atoms with E-state index in [2.05, 4.69) is 13.8 Å². The van der Waals surface area contributed by atoms with Crippen molar-refractivity contribution in [3.8, 4) is 0 Å². The maximum absolute atomic E-state index is 12.5. The van der Waals surface area contributed by atoms with Crippen LogP contribution in [-0.4, -0.2) is 5.78 Å². The van der Waals surface area contributed by atoms with Crippen molar-refractivity contribution in [2.24, 2.45) is 17.8 Å². The monoisotopic (exact) mass is 230 g/mol. The number of rotatable bonds is 2. The lowest BCUT2D eigenvalue weighted by Gasteiger charge is -2.30. The van der Waals surface area contributed by atoms with Gasteiger partial charge in [0.2, 0.25) is 0 Å². The van der Waals surface area contributed by atoms with Crippen LogP contribution in [0.5, 0.6) is 0 Å². The van der Waals surface area contributed by atoms with E-state index >= 15 is 0 Å². The Morgan fingerprint density at radius 2 is 1.65 bits per heavy atom. The highest BCUT2D eigenvalue weighted by molar-refractivity contribution is 5.99. The average Bonchev–Trinajstić information content (AvgIpc) is 2.27. The Morgan fingerprint density at radius 1 is 1.06 bits per heavy atom. The topological polar surface area (TPSA) is 17.1 Å². The summed E-state index contributed by atoms with van der Waals surface area (Å²) in [5.41, 5.74) is 2.04. The molecule has 2 rings (SSSR count). The zero-order valence-corrected chi connectivity index (χ0v) is 11.1. The van der Waals surface area contributed by atoms with Crippen molar-refractivity contribution in [3.05, 3.63) is 35.4 Å². The van der Waals surface area contributed by atoms with Crippen molar-refractivity contribution in [2.75, 3.05) is 0 Å². The molecule has 1 aliphatic carbocycles. The summed E-state index contributed by atoms with van der Waals surface area (Å²) in [7, 11) is 0. The fourth-order valence-electron chi connectivity index (χ4n) is 3.23. The van der Waals surface area contributed by atoms with Gasteiger partial charge in [-0.2, -0.15) is 0 Å². The van der Waals surface area contributed by atoms with E-state index in [1.165, 1.54) is 6.42 Å². The predicted molar refractivity (Wildman–Crippen MR) is 71.2 cm³/mol. The number of benzene rings is 1. The molecule has 2 unspecified atom stereocenters. The lowest BCUT2D eigenvalue weighted by molar-refractivity contribution is 0.0835. The number of carbonyl (C=O) groups is 1. The van der Waals surface area contributed by atoms with E-state index in [0.29, 0.717) is 17.6 Å². The Balaban J connectivity index is 2.17. The molecule has 0 N–H and O–H groups in total. The van der Waals surface area contributed by atoms with E-state index in [1.807, 2.05) is 31.2 Å². The fraction of sp³-hybridized carbons (Fsp3) is 0.562. The molecule has 0 aromatic heterocycles. The number of hydrogen-bond donors (Lipinski definition) is 0. The Kier molecular flexibility index (Phi) is 3.66. The predicted octanol–water partition coefficient (Wildman–Crippen LogP) is 4.25. The van der Waals surface area contributed by atoms with Gasteiger partial charge in [-0.1, -0.05) is 38.1 Å². The third-order valence-corrected chi connectivity index (χ3v) is 3.96. The molecule has 0 bridgehead atoms. The summed E-state index contributed by atoms with van der Waals surface area (Å²) in [4.78, 5) is 12.5. The van der Waals surface area contributed by atoms with E-state index in [0.717, 1.165) is 24.0 Å². The molecule has 1 saturated carbocycles. The summed E-state index contributed by atoms with van der Waals surface area (Å²) in [6, 6.07) is 7.97. The minimum absolute atomic E-state index is 0.245. The summed E-state index contributed by atoms with van der Waals surface area (Å²) in [5.74, 6) is 1.99. The SMILES string of the molecule is Cc1ccccc1C(=O)C1CC(C)CC(C)C1. The van der Waals surface area contributed by atoms with Gasteiger partial charge in [-0.3, -0.25) is 4.79 Å². The molecule has 1 nitrogen and oxygen atoms in total. The zero-order valence-electron chi connectivity index (χ0n) is 11.1. The van der Waals surface area contributed by atoms with Gasteiger partial charge >= 0.3 is 0 Å². The quantitative estimate of drug-likeness (QED) is 0.694. The minimum atomic E-state index is 0.245. The summed E-state index contributed by atoms with van der Waals surface area (Å²) in [5, 5.41) is 0. The standard InChI is InChI=1S/C16H22O/c1-11-8-12(2)10-14(9-11)16(17)15-7-5-4-6-13(15)3/h4-7,11-12,14H,8-10H2,1-3H3. The van der Waals surface area contributed by atoms with Crippen LogP contribution in [0.4, 0.5) is 0 Å². The maximum atomic E-state index is 12.5. The summed E-state index contributed by atoms with van der Waals surface area (Å²) < 4.78 is 0. The first kappa shape index (κ1) is 12.3. The molecular weight excluding hydrogens is 208 g/mol. The van der Waals surface area contributed by atoms with Gasteiger partial charge in [0.05, 0.1) is 0 Å². The second-order valence-electron chi connectivity index (χ2n) is 5.79. The highest BCUT2D eigenvalue weighted by atomic mass is 16.1. The maximum Gasteiger partial charge on any atom is 0.166 e. The number of hydrogen-bond acceptors (Lipinski definition) is 1. The van der Waals surface area contributed by atoms with E-state index < -0.39 is 0 Å². The molecule has 0 heterocycles. The van der Waals surface area contributed by atoms with E-state index in [-0.39, 0.29) is 5.92 Å². The minimum Gasteiger partial charge on any atom is -0.294 e. The summed E-state index contributed by atoms with van der Waals surface area (Å²) >= 11 is 0. The molecule has 0 radical (unpaired) electrons. The lowest BCUT2D eigenvalue weighted by Crippen LogP contribution is -2.26. The second kappa shape index (κ2) is 5.03. The highest BCUT2D eigenvalue weighted by Crippen LogP contribution is 2.35. The van der Waals surface area contributed by atoms with E-state index in [9.17, 15) is 4.79 Å². The second-order valence-corrected chi connectivity index (χ2v) is 5.79. The smallest absolute Gasteiger partial charge is 0.166 e. The van der Waals surface area contributed by atoms with Gasteiger partial charge in [-0.25, -0.2) is 0 Å². The van der Waals surface area contributed by atoms with Crippen molar-refractivity contribution >= 4 is 5.78 Å². The van der Waals surface area contributed by atoms with Gasteiger partial charge in [0.1, 0.15) is 0 Å². The van der Waals surface area contributed by atoms with Crippen molar-refractivity contribution in [1.82, 2.24) is 0 Å². The lowest BCUT2D eigenvalue weighted by atomic mass is 9.73. The summed E-state index contributed by atoms with van der Waals surface area (Å²) in [6.45, 7) is 6.57. The van der Waals surface area contributed by atoms with Crippen LogP contribution >= 0.6 is 0 Å². The van der Waals surface area contributed by atoms with Gasteiger partial charge in [-0.05, 0) is 43.6 Å². The van der Waals surface area contributed by atoms with Crippen LogP contribution in [0, 0.1) is 24.7 Å². The Labute approximate surface area is 104 Å². The van der Waals surface area contributed by atoms with E-state index in [4.69, 9.17) is 0 Å². The fourth-order valence-corrected chi connectivity index (χ4v) is 3.23. The zero-order chi connectivity index (χ0) is 12.4. The molecule has 1 aromatic carbocycles. The number of aryl methyl sites for hydroxylation is 1. The average molecular weight is 230 g/mol. The number of Topliss-reactive ketones (excluding diaryl/α,β-unsaturated/α-hetero) is 1. The van der Waals surface area contributed by atoms with Crippen molar-refractivity contribution in [2.45, 2.75) is 40.0 Å². The largest absolute Gasteiger partial charge is 0.294 e. The normalized spacial score (nSPS) is 29.0. The molecule has 0 aliphatic heterocycles. The number of ketones is 1. The Morgan fingerprint density at radius 3 is 2.24 bits per heavy atom. The molecule has 92 valence electrons. The third-order valence-electron chi connectivity index (χ3n) is 3.96. The molecule has 0 spiro atoms. The molecule has 0 saturated heterocycles. The molecule has 1 heteroatoms. The van der Waals surface area contributed by atoms with Crippen LogP contribution in [0.15, 0.2) is 24.3 Å². The van der Waals surface area contributed by atoms with Gasteiger partial charge in [0.15, 0.2) is 5.78 Å². The Hall–Kier alpha value is -1.11. The molecule has 1 aliphatic rings. The van der Waals surface area contributed by atoms with Crippen LogP contribution in [0.25, 0.3) is 0 Å².